The first-order valence-electron chi connectivity index (χ1n) is 11.7. The van der Waals surface area contributed by atoms with Crippen LogP contribution in [-0.2, 0) is 11.2 Å². The van der Waals surface area contributed by atoms with E-state index in [1.165, 1.54) is 0 Å². The standard InChI is InChI=1S/C24H31N5O4/c1-4-6-20-25-14(3)21-24(31)26-22(27-29(20)21)18-13-17(11-12-19(18)33-5-2)15-7-9-16(10-8-15)23(30)28-32/h11-13,15-16,32H,4-10H2,1-3H3,(H,28,30)(H,26,27,31). The summed E-state index contributed by atoms with van der Waals surface area (Å²) in [5.41, 5.74) is 4.54. The maximum Gasteiger partial charge on any atom is 0.277 e. The molecule has 0 aliphatic heterocycles. The molecule has 4 rings (SSSR count). The fourth-order valence-corrected chi connectivity index (χ4v) is 4.79. The molecule has 0 unspecified atom stereocenters. The molecule has 2 heterocycles. The van der Waals surface area contributed by atoms with Gasteiger partial charge >= 0.3 is 0 Å². The van der Waals surface area contributed by atoms with Crippen molar-refractivity contribution in [1.29, 1.82) is 0 Å². The van der Waals surface area contributed by atoms with Crippen LogP contribution in [-0.4, -0.2) is 37.3 Å². The van der Waals surface area contributed by atoms with Gasteiger partial charge in [0.15, 0.2) is 11.3 Å². The molecule has 2 aromatic heterocycles. The zero-order valence-corrected chi connectivity index (χ0v) is 19.4. The number of rotatable bonds is 7. The lowest BCUT2D eigenvalue weighted by Crippen LogP contribution is -2.30. The number of aryl methyl sites for hydroxylation is 2. The number of hydroxylamine groups is 1. The summed E-state index contributed by atoms with van der Waals surface area (Å²) in [6.45, 7) is 6.30. The number of carbonyl (C=O) groups is 1. The van der Waals surface area contributed by atoms with Gasteiger partial charge in [0.05, 0.1) is 17.9 Å². The number of fused-ring (bicyclic) bond motifs is 1. The lowest BCUT2D eigenvalue weighted by atomic mass is 9.78. The Kier molecular flexibility index (Phi) is 6.78. The Morgan fingerprint density at radius 2 is 2.03 bits per heavy atom. The van der Waals surface area contributed by atoms with Crippen LogP contribution in [0.5, 0.6) is 5.75 Å². The molecule has 1 amide bonds. The van der Waals surface area contributed by atoms with E-state index >= 15 is 0 Å². The van der Waals surface area contributed by atoms with E-state index in [0.29, 0.717) is 29.4 Å². The Balaban J connectivity index is 1.74. The third-order valence-electron chi connectivity index (χ3n) is 6.45. The average Bonchev–Trinajstić information content (AvgIpc) is 3.15. The van der Waals surface area contributed by atoms with Crippen LogP contribution in [0.25, 0.3) is 16.9 Å². The maximum atomic E-state index is 12.9. The molecule has 3 N–H and O–H groups in total. The monoisotopic (exact) mass is 453 g/mol. The summed E-state index contributed by atoms with van der Waals surface area (Å²) in [6.07, 6.45) is 4.75. The van der Waals surface area contributed by atoms with Gasteiger partial charge in [-0.1, -0.05) is 13.0 Å². The predicted molar refractivity (Wildman–Crippen MR) is 124 cm³/mol. The van der Waals surface area contributed by atoms with Crippen molar-refractivity contribution >= 4 is 11.4 Å². The lowest BCUT2D eigenvalue weighted by molar-refractivity contribution is -0.134. The van der Waals surface area contributed by atoms with E-state index < -0.39 is 0 Å². The highest BCUT2D eigenvalue weighted by molar-refractivity contribution is 5.77. The molecular formula is C24H31N5O4. The largest absolute Gasteiger partial charge is 0.493 e. The summed E-state index contributed by atoms with van der Waals surface area (Å²) >= 11 is 0. The summed E-state index contributed by atoms with van der Waals surface area (Å²) in [5, 5.41) is 13.7. The zero-order valence-electron chi connectivity index (χ0n) is 19.4. The number of hydrogen-bond acceptors (Lipinski definition) is 6. The van der Waals surface area contributed by atoms with Crippen LogP contribution >= 0.6 is 0 Å². The number of aromatic nitrogens is 4. The lowest BCUT2D eigenvalue weighted by Gasteiger charge is -2.28. The van der Waals surface area contributed by atoms with Gasteiger partial charge in [-0.05, 0) is 69.6 Å². The Morgan fingerprint density at radius 3 is 2.70 bits per heavy atom. The molecule has 0 atom stereocenters. The number of hydrogen-bond donors (Lipinski definition) is 3. The molecule has 1 aliphatic rings. The molecule has 1 aliphatic carbocycles. The van der Waals surface area contributed by atoms with E-state index in [2.05, 4.69) is 16.9 Å². The van der Waals surface area contributed by atoms with Gasteiger partial charge in [0.2, 0.25) is 5.91 Å². The van der Waals surface area contributed by atoms with E-state index in [9.17, 15) is 9.59 Å². The van der Waals surface area contributed by atoms with Gasteiger partial charge in [-0.25, -0.2) is 15.0 Å². The molecule has 1 aromatic carbocycles. The molecule has 33 heavy (non-hydrogen) atoms. The Labute approximate surface area is 192 Å². The third-order valence-corrected chi connectivity index (χ3v) is 6.45. The number of carbonyl (C=O) groups excluding carboxylic acids is 1. The SMILES string of the molecule is CCCc1nc(C)c2c(=O)[nH]c(-c3cc(C4CCC(C(=O)NO)CC4)ccc3OCC)nn12. The van der Waals surface area contributed by atoms with Crippen LogP contribution in [0.15, 0.2) is 23.0 Å². The van der Waals surface area contributed by atoms with E-state index in [1.807, 2.05) is 32.0 Å². The highest BCUT2D eigenvalue weighted by Gasteiger charge is 2.27. The Morgan fingerprint density at radius 1 is 1.27 bits per heavy atom. The topological polar surface area (TPSA) is 122 Å². The number of aromatic amines is 1. The number of imidazole rings is 1. The van der Waals surface area contributed by atoms with Crippen molar-refractivity contribution < 1.29 is 14.7 Å². The van der Waals surface area contributed by atoms with E-state index in [1.54, 1.807) is 10.00 Å². The van der Waals surface area contributed by atoms with Crippen molar-refractivity contribution in [3.63, 3.8) is 0 Å². The fourth-order valence-electron chi connectivity index (χ4n) is 4.79. The first-order valence-corrected chi connectivity index (χ1v) is 11.7. The second-order valence-electron chi connectivity index (χ2n) is 8.64. The molecule has 1 fully saturated rings. The van der Waals surface area contributed by atoms with Crippen molar-refractivity contribution in [2.24, 2.45) is 5.92 Å². The molecule has 9 nitrogen and oxygen atoms in total. The maximum absolute atomic E-state index is 12.9. The summed E-state index contributed by atoms with van der Waals surface area (Å²) < 4.78 is 7.52. The van der Waals surface area contributed by atoms with Crippen LogP contribution in [0.2, 0.25) is 0 Å². The number of nitrogens with zero attached hydrogens (tertiary/aromatic N) is 3. The summed E-state index contributed by atoms with van der Waals surface area (Å²) in [4.78, 5) is 32.2. The minimum atomic E-state index is -0.311. The number of H-pyrrole nitrogens is 1. The van der Waals surface area contributed by atoms with Gasteiger partial charge in [-0.2, -0.15) is 0 Å². The van der Waals surface area contributed by atoms with Gasteiger partial charge in [0.1, 0.15) is 11.6 Å². The van der Waals surface area contributed by atoms with Crippen LogP contribution in [0.4, 0.5) is 0 Å². The minimum Gasteiger partial charge on any atom is -0.493 e. The smallest absolute Gasteiger partial charge is 0.277 e. The number of amides is 1. The molecule has 0 spiro atoms. The van der Waals surface area contributed by atoms with Crippen molar-refractivity contribution in [3.8, 4) is 17.1 Å². The predicted octanol–water partition coefficient (Wildman–Crippen LogP) is 3.52. The fraction of sp³-hybridized carbons (Fsp3) is 0.500. The number of benzene rings is 1. The van der Waals surface area contributed by atoms with E-state index in [0.717, 1.165) is 55.5 Å². The summed E-state index contributed by atoms with van der Waals surface area (Å²) in [6, 6.07) is 6.01. The Bertz CT molecular complexity index is 1210. The van der Waals surface area contributed by atoms with Gasteiger partial charge in [0, 0.05) is 12.3 Å². The highest BCUT2D eigenvalue weighted by Crippen LogP contribution is 2.39. The average molecular weight is 454 g/mol. The minimum absolute atomic E-state index is 0.157. The summed E-state index contributed by atoms with van der Waals surface area (Å²) in [7, 11) is 0. The van der Waals surface area contributed by atoms with Crippen molar-refractivity contribution in [2.75, 3.05) is 6.61 Å². The molecule has 176 valence electrons. The van der Waals surface area contributed by atoms with E-state index in [4.69, 9.17) is 15.0 Å². The van der Waals surface area contributed by atoms with Gasteiger partial charge in [-0.3, -0.25) is 14.8 Å². The van der Waals surface area contributed by atoms with Crippen LogP contribution in [0.3, 0.4) is 0 Å². The van der Waals surface area contributed by atoms with Crippen molar-refractivity contribution in [2.45, 2.75) is 65.2 Å². The van der Waals surface area contributed by atoms with E-state index in [-0.39, 0.29) is 23.3 Å². The second kappa shape index (κ2) is 9.74. The second-order valence-corrected chi connectivity index (χ2v) is 8.64. The number of nitrogens with one attached hydrogen (secondary N) is 2. The van der Waals surface area contributed by atoms with Gasteiger partial charge < -0.3 is 9.72 Å². The first kappa shape index (κ1) is 23.0. The third kappa shape index (κ3) is 4.50. The molecule has 9 heteroatoms. The van der Waals surface area contributed by atoms with Crippen molar-refractivity contribution in [3.05, 3.63) is 45.6 Å². The molecular weight excluding hydrogens is 422 g/mol. The van der Waals surface area contributed by atoms with Crippen LogP contribution in [0.1, 0.15) is 69.0 Å². The molecule has 0 saturated heterocycles. The quantitative estimate of drug-likeness (QED) is 0.372. The van der Waals surface area contributed by atoms with Crippen molar-refractivity contribution in [1.82, 2.24) is 25.1 Å². The molecule has 1 saturated carbocycles. The van der Waals surface area contributed by atoms with Crippen LogP contribution in [0, 0.1) is 12.8 Å². The first-order chi connectivity index (χ1) is 16.0. The van der Waals surface area contributed by atoms with Gasteiger partial charge in [0.25, 0.3) is 5.56 Å². The zero-order chi connectivity index (χ0) is 23.5. The number of ether oxygens (including phenoxy) is 1. The Hall–Kier alpha value is -3.20. The highest BCUT2D eigenvalue weighted by atomic mass is 16.5. The molecule has 3 aromatic rings. The summed E-state index contributed by atoms with van der Waals surface area (Å²) in [5.74, 6) is 1.69. The molecule has 0 bridgehead atoms. The molecule has 0 radical (unpaired) electrons. The van der Waals surface area contributed by atoms with Gasteiger partial charge in [-0.15, -0.1) is 5.10 Å². The normalized spacial score (nSPS) is 18.4. The van der Waals surface area contributed by atoms with Crippen LogP contribution < -0.4 is 15.8 Å².